The van der Waals surface area contributed by atoms with Crippen LogP contribution in [0.25, 0.3) is 0 Å². The zero-order valence-corrected chi connectivity index (χ0v) is 16.1. The van der Waals surface area contributed by atoms with Crippen molar-refractivity contribution in [3.05, 3.63) is 35.6 Å². The van der Waals surface area contributed by atoms with E-state index in [9.17, 15) is 17.6 Å². The maximum atomic E-state index is 13.0. The van der Waals surface area contributed by atoms with Crippen LogP contribution in [0.2, 0.25) is 0 Å². The quantitative estimate of drug-likeness (QED) is 0.674. The molecular weight excluding hydrogens is 379 g/mol. The van der Waals surface area contributed by atoms with E-state index in [2.05, 4.69) is 4.99 Å². The second-order valence-corrected chi connectivity index (χ2v) is 9.38. The van der Waals surface area contributed by atoms with Gasteiger partial charge in [0.1, 0.15) is 5.82 Å². The van der Waals surface area contributed by atoms with Gasteiger partial charge in [-0.05, 0) is 31.0 Å². The topological polar surface area (TPSA) is 76.0 Å². The van der Waals surface area contributed by atoms with E-state index in [1.807, 2.05) is 4.90 Å². The van der Waals surface area contributed by atoms with Crippen LogP contribution < -0.4 is 0 Å². The molecule has 2 heterocycles. The number of rotatable bonds is 6. The summed E-state index contributed by atoms with van der Waals surface area (Å²) in [5.74, 6) is -0.332. The molecule has 0 radical (unpaired) electrons. The molecule has 0 unspecified atom stereocenters. The minimum Gasteiger partial charge on any atom is -0.465 e. The molecule has 0 saturated carbocycles. The number of ether oxygens (including phenoxy) is 1. The van der Waals surface area contributed by atoms with E-state index in [4.69, 9.17) is 4.74 Å². The standard InChI is InChI=1S/C17H21FN2O4S2/c1-2-24-16(21)9-25-17-19-14-10-26(22,23)11-15(14)20(17)8-7-12-3-5-13(18)6-4-12/h3-6,14-15H,2,7-11H2,1H3/t14-,15+/m0/s1. The van der Waals surface area contributed by atoms with Crippen LogP contribution in [0.3, 0.4) is 0 Å². The summed E-state index contributed by atoms with van der Waals surface area (Å²) in [6.07, 6.45) is 0.641. The number of aliphatic imine (C=N–C) groups is 1. The third-order valence-electron chi connectivity index (χ3n) is 4.39. The summed E-state index contributed by atoms with van der Waals surface area (Å²) in [6, 6.07) is 5.79. The first-order valence-corrected chi connectivity index (χ1v) is 11.3. The lowest BCUT2D eigenvalue weighted by molar-refractivity contribution is -0.139. The molecule has 0 amide bonds. The van der Waals surface area contributed by atoms with Crippen molar-refractivity contribution in [2.75, 3.05) is 30.4 Å². The first-order valence-electron chi connectivity index (χ1n) is 8.45. The van der Waals surface area contributed by atoms with Gasteiger partial charge in [-0.3, -0.25) is 9.79 Å². The average molecular weight is 400 g/mol. The highest BCUT2D eigenvalue weighted by Crippen LogP contribution is 2.31. The van der Waals surface area contributed by atoms with Crippen LogP contribution >= 0.6 is 11.8 Å². The van der Waals surface area contributed by atoms with Crippen LogP contribution in [-0.2, 0) is 25.8 Å². The zero-order chi connectivity index (χ0) is 18.7. The van der Waals surface area contributed by atoms with Crippen molar-refractivity contribution in [1.82, 2.24) is 4.90 Å². The minimum absolute atomic E-state index is 0.0498. The van der Waals surface area contributed by atoms with Gasteiger partial charge in [0.25, 0.3) is 0 Å². The molecule has 2 aliphatic rings. The highest BCUT2D eigenvalue weighted by molar-refractivity contribution is 8.14. The maximum Gasteiger partial charge on any atom is 0.316 e. The SMILES string of the molecule is CCOC(=O)CSC1=N[C@H]2CS(=O)(=O)C[C@H]2N1CCc1ccc(F)cc1. The number of esters is 1. The summed E-state index contributed by atoms with van der Waals surface area (Å²) < 4.78 is 41.9. The lowest BCUT2D eigenvalue weighted by Crippen LogP contribution is -2.40. The number of fused-ring (bicyclic) bond motifs is 1. The van der Waals surface area contributed by atoms with Crippen molar-refractivity contribution >= 4 is 32.7 Å². The van der Waals surface area contributed by atoms with Crippen molar-refractivity contribution in [1.29, 1.82) is 0 Å². The Hall–Kier alpha value is -1.61. The van der Waals surface area contributed by atoms with Crippen LogP contribution in [0.1, 0.15) is 12.5 Å². The van der Waals surface area contributed by atoms with Gasteiger partial charge in [0.15, 0.2) is 15.0 Å². The van der Waals surface area contributed by atoms with Crippen LogP contribution in [0.5, 0.6) is 0 Å². The van der Waals surface area contributed by atoms with Gasteiger partial charge in [-0.25, -0.2) is 12.8 Å². The molecule has 0 N–H and O–H groups in total. The smallest absolute Gasteiger partial charge is 0.316 e. The fourth-order valence-electron chi connectivity index (χ4n) is 3.20. The molecule has 6 nitrogen and oxygen atoms in total. The van der Waals surface area contributed by atoms with Crippen LogP contribution in [0, 0.1) is 5.82 Å². The van der Waals surface area contributed by atoms with E-state index >= 15 is 0 Å². The summed E-state index contributed by atoms with van der Waals surface area (Å²) in [4.78, 5) is 18.1. The molecule has 1 fully saturated rings. The predicted molar refractivity (Wildman–Crippen MR) is 99.6 cm³/mol. The van der Waals surface area contributed by atoms with Crippen molar-refractivity contribution in [3.63, 3.8) is 0 Å². The van der Waals surface area contributed by atoms with E-state index in [0.29, 0.717) is 24.7 Å². The molecule has 1 saturated heterocycles. The van der Waals surface area contributed by atoms with E-state index in [1.165, 1.54) is 23.9 Å². The van der Waals surface area contributed by atoms with E-state index in [-0.39, 0.29) is 41.1 Å². The van der Waals surface area contributed by atoms with Gasteiger partial charge in [0.2, 0.25) is 0 Å². The third-order valence-corrected chi connectivity index (χ3v) is 7.07. The molecular formula is C17H21FN2O4S2. The number of nitrogens with zero attached hydrogens (tertiary/aromatic N) is 2. The van der Waals surface area contributed by atoms with Crippen LogP contribution in [-0.4, -0.2) is 66.9 Å². The van der Waals surface area contributed by atoms with Gasteiger partial charge < -0.3 is 9.64 Å². The van der Waals surface area contributed by atoms with E-state index in [1.54, 1.807) is 19.1 Å². The Balaban J connectivity index is 1.69. The molecule has 1 aromatic carbocycles. The molecule has 142 valence electrons. The third kappa shape index (κ3) is 4.56. The summed E-state index contributed by atoms with van der Waals surface area (Å²) in [5, 5.41) is 0.685. The van der Waals surface area contributed by atoms with Gasteiger partial charge in [-0.15, -0.1) is 0 Å². The molecule has 0 aliphatic carbocycles. The van der Waals surface area contributed by atoms with Gasteiger partial charge in [-0.2, -0.15) is 0 Å². The van der Waals surface area contributed by atoms with Gasteiger partial charge >= 0.3 is 5.97 Å². The number of carbonyl (C=O) groups excluding carboxylic acids is 1. The fraction of sp³-hybridized carbons (Fsp3) is 0.529. The average Bonchev–Trinajstić information content (AvgIpc) is 3.04. The van der Waals surface area contributed by atoms with Crippen molar-refractivity contribution < 1.29 is 22.3 Å². The highest BCUT2D eigenvalue weighted by Gasteiger charge is 2.46. The number of sulfone groups is 1. The first kappa shape index (κ1) is 19.2. The molecule has 9 heteroatoms. The highest BCUT2D eigenvalue weighted by atomic mass is 32.2. The molecule has 2 atom stereocenters. The van der Waals surface area contributed by atoms with Crippen LogP contribution in [0.4, 0.5) is 4.39 Å². The first-order chi connectivity index (χ1) is 12.4. The Labute approximate surface area is 156 Å². The predicted octanol–water partition coefficient (Wildman–Crippen LogP) is 1.50. The number of halogens is 1. The van der Waals surface area contributed by atoms with E-state index < -0.39 is 9.84 Å². The van der Waals surface area contributed by atoms with Crippen LogP contribution in [0.15, 0.2) is 29.3 Å². The largest absolute Gasteiger partial charge is 0.465 e. The summed E-state index contributed by atoms with van der Waals surface area (Å²) in [7, 11) is -3.09. The van der Waals surface area contributed by atoms with Crippen molar-refractivity contribution in [2.45, 2.75) is 25.4 Å². The molecule has 0 bridgehead atoms. The summed E-state index contributed by atoms with van der Waals surface area (Å²) >= 11 is 1.28. The summed E-state index contributed by atoms with van der Waals surface area (Å²) in [6.45, 7) is 2.64. The molecule has 3 rings (SSSR count). The Kier molecular flexibility index (Phi) is 5.86. The van der Waals surface area contributed by atoms with E-state index in [0.717, 1.165) is 5.56 Å². The minimum atomic E-state index is -3.09. The Morgan fingerprint density at radius 3 is 2.77 bits per heavy atom. The Morgan fingerprint density at radius 2 is 2.08 bits per heavy atom. The zero-order valence-electron chi connectivity index (χ0n) is 14.4. The fourth-order valence-corrected chi connectivity index (χ4v) is 6.01. The molecule has 26 heavy (non-hydrogen) atoms. The maximum absolute atomic E-state index is 13.0. The lowest BCUT2D eigenvalue weighted by Gasteiger charge is -2.26. The Morgan fingerprint density at radius 1 is 1.35 bits per heavy atom. The monoisotopic (exact) mass is 400 g/mol. The normalized spacial score (nSPS) is 23.6. The molecule has 0 aromatic heterocycles. The lowest BCUT2D eigenvalue weighted by atomic mass is 10.1. The van der Waals surface area contributed by atoms with Gasteiger partial charge in [0, 0.05) is 6.54 Å². The second kappa shape index (κ2) is 7.96. The number of carbonyl (C=O) groups is 1. The number of hydrogen-bond acceptors (Lipinski definition) is 7. The summed E-state index contributed by atoms with van der Waals surface area (Å²) in [5.41, 5.74) is 0.963. The molecule has 2 aliphatic heterocycles. The molecule has 1 aromatic rings. The second-order valence-electron chi connectivity index (χ2n) is 6.29. The number of thioether (sulfide) groups is 1. The Bertz CT molecular complexity index is 795. The number of hydrogen-bond donors (Lipinski definition) is 0. The van der Waals surface area contributed by atoms with Crippen molar-refractivity contribution in [2.24, 2.45) is 4.99 Å². The molecule has 0 spiro atoms. The van der Waals surface area contributed by atoms with Gasteiger partial charge in [-0.1, -0.05) is 23.9 Å². The van der Waals surface area contributed by atoms with Crippen molar-refractivity contribution in [3.8, 4) is 0 Å². The van der Waals surface area contributed by atoms with Gasteiger partial charge in [0.05, 0.1) is 35.9 Å². The number of amidine groups is 1. The number of benzene rings is 1.